The summed E-state index contributed by atoms with van der Waals surface area (Å²) in [5.74, 6) is -0.976. The Morgan fingerprint density at radius 2 is 1.83 bits per heavy atom. The summed E-state index contributed by atoms with van der Waals surface area (Å²) in [6, 6.07) is 6.34. The molecule has 0 unspecified atom stereocenters. The third-order valence-corrected chi connectivity index (χ3v) is 4.56. The number of aliphatic hydroxyl groups is 1. The van der Waals surface area contributed by atoms with Crippen LogP contribution in [0.5, 0.6) is 23.0 Å². The molecule has 0 spiro atoms. The molecule has 0 aromatic heterocycles. The Morgan fingerprint density at radius 3 is 2.34 bits per heavy atom. The zero-order chi connectivity index (χ0) is 21.7. The number of rotatable bonds is 9. The smallest absolute Gasteiger partial charge is 0.343 e. The van der Waals surface area contributed by atoms with E-state index in [1.165, 1.54) is 19.2 Å². The molecule has 2 aromatic rings. The number of carboxylic acid groups (broad SMARTS) is 1. The first-order valence-corrected chi connectivity index (χ1v) is 9.31. The van der Waals surface area contributed by atoms with E-state index in [9.17, 15) is 20.1 Å². The van der Waals surface area contributed by atoms with Gasteiger partial charge in [0.05, 0.1) is 19.8 Å². The van der Waals surface area contributed by atoms with Gasteiger partial charge >= 0.3 is 5.97 Å². The first-order chi connectivity index (χ1) is 13.7. The number of aromatic carboxylic acids is 1. The highest BCUT2D eigenvalue weighted by Crippen LogP contribution is 2.42. The van der Waals surface area contributed by atoms with Crippen LogP contribution in [0.1, 0.15) is 53.4 Å². The van der Waals surface area contributed by atoms with Crippen LogP contribution in [0.3, 0.4) is 0 Å². The van der Waals surface area contributed by atoms with Gasteiger partial charge in [0.25, 0.3) is 0 Å². The zero-order valence-electron chi connectivity index (χ0n) is 17.4. The molecule has 0 fully saturated rings. The highest BCUT2D eigenvalue weighted by atomic mass is 16.5. The van der Waals surface area contributed by atoms with Crippen molar-refractivity contribution < 1.29 is 34.3 Å². The molecule has 1 atom stereocenters. The summed E-state index contributed by atoms with van der Waals surface area (Å²) in [5, 5.41) is 29.7. The summed E-state index contributed by atoms with van der Waals surface area (Å²) in [6.07, 6.45) is 0.331. The van der Waals surface area contributed by atoms with Gasteiger partial charge in [0.1, 0.15) is 17.1 Å². The maximum atomic E-state index is 12.1. The summed E-state index contributed by atoms with van der Waals surface area (Å²) in [5.41, 5.74) is 1.50. The Bertz CT molecular complexity index is 874. The van der Waals surface area contributed by atoms with Crippen molar-refractivity contribution in [3.05, 3.63) is 46.5 Å². The van der Waals surface area contributed by atoms with E-state index >= 15 is 0 Å². The molecule has 7 nitrogen and oxygen atoms in total. The van der Waals surface area contributed by atoms with Crippen LogP contribution in [0.2, 0.25) is 0 Å². The number of carboxylic acids is 1. The number of ether oxygens (including phenoxy) is 3. The van der Waals surface area contributed by atoms with Crippen LogP contribution < -0.4 is 9.47 Å². The predicted molar refractivity (Wildman–Crippen MR) is 108 cm³/mol. The molecular formula is C22H28O7. The molecule has 0 aliphatic rings. The summed E-state index contributed by atoms with van der Waals surface area (Å²) in [6.45, 7) is 5.49. The quantitative estimate of drug-likeness (QED) is 0.568. The second-order valence-corrected chi connectivity index (χ2v) is 7.25. The number of aromatic hydroxyl groups is 1. The third kappa shape index (κ3) is 4.99. The fourth-order valence-corrected chi connectivity index (χ4v) is 3.29. The van der Waals surface area contributed by atoms with Gasteiger partial charge in [-0.1, -0.05) is 13.8 Å². The van der Waals surface area contributed by atoms with Crippen LogP contribution in [0.4, 0.5) is 0 Å². The highest BCUT2D eigenvalue weighted by Gasteiger charge is 2.27. The maximum absolute atomic E-state index is 12.1. The van der Waals surface area contributed by atoms with E-state index in [1.807, 2.05) is 13.8 Å². The van der Waals surface area contributed by atoms with Crippen molar-refractivity contribution in [2.45, 2.75) is 39.9 Å². The number of aliphatic hydroxyl groups excluding tert-OH is 1. The second kappa shape index (κ2) is 9.62. The fourth-order valence-electron chi connectivity index (χ4n) is 3.29. The lowest BCUT2D eigenvalue weighted by Gasteiger charge is -2.23. The monoisotopic (exact) mass is 404 g/mol. The van der Waals surface area contributed by atoms with Crippen molar-refractivity contribution in [1.82, 2.24) is 0 Å². The zero-order valence-corrected chi connectivity index (χ0v) is 17.4. The lowest BCUT2D eigenvalue weighted by molar-refractivity contribution is 0.0684. The largest absolute Gasteiger partial charge is 0.504 e. The first-order valence-electron chi connectivity index (χ1n) is 9.31. The Labute approximate surface area is 170 Å². The van der Waals surface area contributed by atoms with E-state index in [1.54, 1.807) is 26.2 Å². The number of hydrogen-bond donors (Lipinski definition) is 3. The molecule has 29 heavy (non-hydrogen) atoms. The van der Waals surface area contributed by atoms with E-state index in [-0.39, 0.29) is 41.3 Å². The first kappa shape index (κ1) is 22.5. The summed E-state index contributed by atoms with van der Waals surface area (Å²) in [4.78, 5) is 12.1. The van der Waals surface area contributed by atoms with Crippen molar-refractivity contribution in [2.24, 2.45) is 5.92 Å². The van der Waals surface area contributed by atoms with Crippen LogP contribution in [-0.4, -0.2) is 35.5 Å². The Kier molecular flexibility index (Phi) is 7.47. The van der Waals surface area contributed by atoms with Crippen LogP contribution in [0.25, 0.3) is 0 Å². The van der Waals surface area contributed by atoms with E-state index in [2.05, 4.69) is 0 Å². The van der Waals surface area contributed by atoms with Gasteiger partial charge in [0.15, 0.2) is 11.5 Å². The van der Waals surface area contributed by atoms with Gasteiger partial charge < -0.3 is 29.5 Å². The fraction of sp³-hybridized carbons (Fsp3) is 0.409. The van der Waals surface area contributed by atoms with Gasteiger partial charge in [-0.2, -0.15) is 0 Å². The van der Waals surface area contributed by atoms with Crippen molar-refractivity contribution in [3.8, 4) is 23.0 Å². The number of aryl methyl sites for hydroxylation is 1. The average Bonchev–Trinajstić information content (AvgIpc) is 2.66. The topological polar surface area (TPSA) is 105 Å². The molecule has 0 saturated carbocycles. The number of hydrogen-bond acceptors (Lipinski definition) is 6. The second-order valence-electron chi connectivity index (χ2n) is 7.25. The number of methoxy groups -OCH3 is 2. The Balaban J connectivity index is 2.62. The van der Waals surface area contributed by atoms with E-state index in [0.717, 1.165) is 5.56 Å². The van der Waals surface area contributed by atoms with Gasteiger partial charge in [0, 0.05) is 18.2 Å². The van der Waals surface area contributed by atoms with Gasteiger partial charge in [-0.3, -0.25) is 0 Å². The minimum absolute atomic E-state index is 0.000810. The average molecular weight is 404 g/mol. The molecule has 0 amide bonds. The Hall–Kier alpha value is -2.77. The molecule has 0 aliphatic heterocycles. The molecule has 0 bridgehead atoms. The Morgan fingerprint density at radius 1 is 1.14 bits per heavy atom. The lowest BCUT2D eigenvalue weighted by Crippen LogP contribution is -2.11. The number of carbonyl (C=O) groups is 1. The van der Waals surface area contributed by atoms with Gasteiger partial charge in [-0.25, -0.2) is 4.79 Å². The normalized spacial score (nSPS) is 12.1. The van der Waals surface area contributed by atoms with Gasteiger partial charge in [0.2, 0.25) is 0 Å². The summed E-state index contributed by atoms with van der Waals surface area (Å²) in [7, 11) is 2.95. The van der Waals surface area contributed by atoms with E-state index in [4.69, 9.17) is 14.2 Å². The summed E-state index contributed by atoms with van der Waals surface area (Å²) < 4.78 is 16.8. The van der Waals surface area contributed by atoms with Crippen molar-refractivity contribution in [2.75, 3.05) is 14.2 Å². The molecule has 3 N–H and O–H groups in total. The number of phenols is 1. The molecule has 7 heteroatoms. The minimum Gasteiger partial charge on any atom is -0.504 e. The maximum Gasteiger partial charge on any atom is 0.343 e. The van der Waals surface area contributed by atoms with Crippen LogP contribution in [0, 0.1) is 12.8 Å². The number of phenolic OH excluding ortho intramolecular Hbond substituents is 1. The molecule has 0 radical (unpaired) electrons. The summed E-state index contributed by atoms with van der Waals surface area (Å²) >= 11 is 0. The molecule has 158 valence electrons. The van der Waals surface area contributed by atoms with Crippen LogP contribution >= 0.6 is 0 Å². The van der Waals surface area contributed by atoms with Gasteiger partial charge in [-0.15, -0.1) is 0 Å². The van der Waals surface area contributed by atoms with Crippen molar-refractivity contribution >= 4 is 5.97 Å². The molecule has 2 rings (SSSR count). The van der Waals surface area contributed by atoms with Crippen molar-refractivity contribution in [3.63, 3.8) is 0 Å². The third-order valence-electron chi connectivity index (χ3n) is 4.56. The molecule has 0 saturated heterocycles. The van der Waals surface area contributed by atoms with Crippen LogP contribution in [-0.2, 0) is 11.3 Å². The van der Waals surface area contributed by atoms with Crippen molar-refractivity contribution in [1.29, 1.82) is 0 Å². The van der Waals surface area contributed by atoms with E-state index < -0.39 is 5.97 Å². The van der Waals surface area contributed by atoms with E-state index in [0.29, 0.717) is 23.5 Å². The van der Waals surface area contributed by atoms with Gasteiger partial charge in [-0.05, 0) is 49.1 Å². The minimum atomic E-state index is -1.24. The predicted octanol–water partition coefficient (Wildman–Crippen LogP) is 4.43. The molecular weight excluding hydrogens is 376 g/mol. The molecule has 0 heterocycles. The molecule has 0 aliphatic carbocycles. The molecule has 2 aromatic carbocycles. The lowest BCUT2D eigenvalue weighted by atomic mass is 9.96. The SMILES string of the molecule is COc1c([C@H](CC(C)C)OC)ccc(Oc2c(O)cc(C)cc2CO)c1C(=O)O. The number of benzene rings is 2. The highest BCUT2D eigenvalue weighted by molar-refractivity contribution is 5.95. The van der Waals surface area contributed by atoms with Crippen LogP contribution in [0.15, 0.2) is 24.3 Å². The standard InChI is InChI=1S/C22H28O7/c1-12(2)8-18(27-4)15-6-7-17(19(22(25)26)21(15)28-5)29-20-14(11-23)9-13(3)10-16(20)24/h6-7,9-10,12,18,23-24H,8,11H2,1-5H3,(H,25,26)/t18-/m0/s1.